The maximum atomic E-state index is 12.8. The minimum absolute atomic E-state index is 0.0944. The Morgan fingerprint density at radius 3 is 2.45 bits per heavy atom. The maximum Gasteiger partial charge on any atom is 0.354 e. The lowest BCUT2D eigenvalue weighted by Crippen LogP contribution is -2.32. The van der Waals surface area contributed by atoms with Gasteiger partial charge in [-0.25, -0.2) is 13.2 Å². The van der Waals surface area contributed by atoms with Crippen LogP contribution in [0.3, 0.4) is 0 Å². The second-order valence-corrected chi connectivity index (χ2v) is 12.1. The van der Waals surface area contributed by atoms with Crippen LogP contribution in [-0.4, -0.2) is 49.5 Å². The Balaban J connectivity index is 1.51. The molecule has 40 heavy (non-hydrogen) atoms. The van der Waals surface area contributed by atoms with E-state index < -0.39 is 22.1 Å². The number of aliphatic hydroxyl groups excluding tert-OH is 1. The number of carbonyl (C=O) groups excluding carboxylic acids is 1. The number of ether oxygens (including phenoxy) is 1. The number of fused-ring (bicyclic) bond motifs is 1. The Morgan fingerprint density at radius 2 is 1.77 bits per heavy atom. The van der Waals surface area contributed by atoms with Gasteiger partial charge in [-0.1, -0.05) is 41.9 Å². The van der Waals surface area contributed by atoms with E-state index in [1.54, 1.807) is 31.2 Å². The summed E-state index contributed by atoms with van der Waals surface area (Å²) in [5.74, 6) is -0.402. The monoisotopic (exact) mass is 583 g/mol. The molecule has 4 aromatic rings. The lowest BCUT2D eigenvalue weighted by Gasteiger charge is -2.18. The van der Waals surface area contributed by atoms with E-state index in [0.717, 1.165) is 40.3 Å². The summed E-state index contributed by atoms with van der Waals surface area (Å²) in [6, 6.07) is 22.3. The van der Waals surface area contributed by atoms with Crippen LogP contribution in [-0.2, 0) is 27.7 Å². The number of aliphatic hydroxyl groups is 1. The van der Waals surface area contributed by atoms with Crippen molar-refractivity contribution in [3.05, 3.63) is 100 Å². The number of rotatable bonds is 12. The Bertz CT molecular complexity index is 1580. The van der Waals surface area contributed by atoms with Gasteiger partial charge in [0.05, 0.1) is 19.0 Å². The van der Waals surface area contributed by atoms with Crippen LogP contribution in [0.1, 0.15) is 47.1 Å². The van der Waals surface area contributed by atoms with Crippen molar-refractivity contribution in [2.45, 2.75) is 39.0 Å². The number of esters is 1. The van der Waals surface area contributed by atoms with Crippen molar-refractivity contribution in [3.63, 3.8) is 0 Å². The summed E-state index contributed by atoms with van der Waals surface area (Å²) < 4.78 is 32.7. The summed E-state index contributed by atoms with van der Waals surface area (Å²) in [5, 5.41) is 15.4. The van der Waals surface area contributed by atoms with Crippen LogP contribution in [0, 0.1) is 0 Å². The highest BCUT2D eigenvalue weighted by Gasteiger charge is 2.18. The number of carbonyl (C=O) groups is 1. The van der Waals surface area contributed by atoms with Crippen LogP contribution in [0.2, 0.25) is 5.02 Å². The van der Waals surface area contributed by atoms with Crippen LogP contribution in [0.5, 0.6) is 0 Å². The molecule has 0 saturated heterocycles. The molecular formula is C30H34ClN3O5S. The van der Waals surface area contributed by atoms with Gasteiger partial charge in [-0.05, 0) is 79.4 Å². The number of anilines is 1. The highest BCUT2D eigenvalue weighted by atomic mass is 35.5. The van der Waals surface area contributed by atoms with Crippen LogP contribution in [0.15, 0.2) is 72.8 Å². The first-order chi connectivity index (χ1) is 19.0. The first-order valence-corrected chi connectivity index (χ1v) is 15.3. The van der Waals surface area contributed by atoms with Gasteiger partial charge in [0, 0.05) is 40.7 Å². The topological polar surface area (TPSA) is 110 Å². The molecule has 0 amide bonds. The smallest absolute Gasteiger partial charge is 0.354 e. The predicted octanol–water partition coefficient (Wildman–Crippen LogP) is 5.15. The van der Waals surface area contributed by atoms with E-state index in [-0.39, 0.29) is 12.6 Å². The average Bonchev–Trinajstić information content (AvgIpc) is 3.25. The minimum Gasteiger partial charge on any atom is -0.461 e. The number of hydrogen-bond acceptors (Lipinski definition) is 6. The molecule has 2 unspecified atom stereocenters. The average molecular weight is 584 g/mol. The molecular weight excluding hydrogens is 550 g/mol. The van der Waals surface area contributed by atoms with Crippen molar-refractivity contribution in [2.24, 2.45) is 0 Å². The van der Waals surface area contributed by atoms with Gasteiger partial charge in [0.15, 0.2) is 0 Å². The van der Waals surface area contributed by atoms with Gasteiger partial charge in [-0.3, -0.25) is 4.72 Å². The molecule has 0 aliphatic carbocycles. The Hall–Kier alpha value is -3.37. The standard InChI is InChI=1S/C30H34ClN3O5S/c1-4-39-30(36)28-17-24-15-22(14-20(2)32-18-29(35)23-6-5-7-25(31)16-23)10-13-27(24)34(28)19-21-8-11-26(12-9-21)33-40(3,37)38/h5-13,15-17,20,29,32-33,35H,4,14,18-19H2,1-3H3. The van der Waals surface area contributed by atoms with E-state index >= 15 is 0 Å². The van der Waals surface area contributed by atoms with Crippen LogP contribution >= 0.6 is 11.6 Å². The van der Waals surface area contributed by atoms with Crippen molar-refractivity contribution in [3.8, 4) is 0 Å². The van der Waals surface area contributed by atoms with E-state index in [2.05, 4.69) is 23.0 Å². The highest BCUT2D eigenvalue weighted by Crippen LogP contribution is 2.25. The van der Waals surface area contributed by atoms with Gasteiger partial charge in [-0.2, -0.15) is 0 Å². The largest absolute Gasteiger partial charge is 0.461 e. The zero-order valence-corrected chi connectivity index (χ0v) is 24.3. The van der Waals surface area contributed by atoms with Crippen molar-refractivity contribution in [1.29, 1.82) is 0 Å². The van der Waals surface area contributed by atoms with Gasteiger partial charge in [-0.15, -0.1) is 0 Å². The van der Waals surface area contributed by atoms with Gasteiger partial charge in [0.1, 0.15) is 5.69 Å². The normalized spacial score (nSPS) is 13.2. The van der Waals surface area contributed by atoms with E-state index in [9.17, 15) is 18.3 Å². The third kappa shape index (κ3) is 7.85. The summed E-state index contributed by atoms with van der Waals surface area (Å²) >= 11 is 6.04. The quantitative estimate of drug-likeness (QED) is 0.199. The molecule has 8 nitrogen and oxygen atoms in total. The first-order valence-electron chi connectivity index (χ1n) is 13.1. The molecule has 3 aromatic carbocycles. The molecule has 2 atom stereocenters. The van der Waals surface area contributed by atoms with Crippen molar-refractivity contribution in [2.75, 3.05) is 24.1 Å². The third-order valence-corrected chi connectivity index (χ3v) is 7.32. The summed E-state index contributed by atoms with van der Waals surface area (Å²) in [6.07, 6.45) is 1.17. The Labute approximate surface area is 240 Å². The molecule has 0 bridgehead atoms. The van der Waals surface area contributed by atoms with Gasteiger partial charge in [0.2, 0.25) is 10.0 Å². The molecule has 3 N–H and O–H groups in total. The predicted molar refractivity (Wildman–Crippen MR) is 159 cm³/mol. The fourth-order valence-electron chi connectivity index (χ4n) is 4.64. The second-order valence-electron chi connectivity index (χ2n) is 9.88. The highest BCUT2D eigenvalue weighted by molar-refractivity contribution is 7.92. The summed E-state index contributed by atoms with van der Waals surface area (Å²) in [4.78, 5) is 12.8. The maximum absolute atomic E-state index is 12.8. The Kier molecular flexibility index (Phi) is 9.52. The molecule has 0 saturated carbocycles. The third-order valence-electron chi connectivity index (χ3n) is 6.48. The molecule has 10 heteroatoms. The van der Waals surface area contributed by atoms with Crippen LogP contribution in [0.4, 0.5) is 5.69 Å². The number of halogens is 1. The minimum atomic E-state index is -3.37. The summed E-state index contributed by atoms with van der Waals surface area (Å²) in [6.45, 7) is 4.91. The zero-order valence-electron chi connectivity index (χ0n) is 22.7. The van der Waals surface area contributed by atoms with E-state index in [1.165, 1.54) is 0 Å². The van der Waals surface area contributed by atoms with Crippen molar-refractivity contribution >= 4 is 44.2 Å². The van der Waals surface area contributed by atoms with E-state index in [0.29, 0.717) is 29.5 Å². The van der Waals surface area contributed by atoms with Crippen LogP contribution in [0.25, 0.3) is 10.9 Å². The lowest BCUT2D eigenvalue weighted by atomic mass is 10.0. The molecule has 212 valence electrons. The molecule has 0 aliphatic heterocycles. The molecule has 1 heterocycles. The molecule has 4 rings (SSSR count). The summed E-state index contributed by atoms with van der Waals surface area (Å²) in [5.41, 5.74) is 4.57. The van der Waals surface area contributed by atoms with Gasteiger partial charge in [0.25, 0.3) is 0 Å². The SMILES string of the molecule is CCOC(=O)c1cc2cc(CC(C)NCC(O)c3cccc(Cl)c3)ccc2n1Cc1ccc(NS(C)(=O)=O)cc1. The number of nitrogens with one attached hydrogen (secondary N) is 2. The first kappa shape index (κ1) is 29.6. The lowest BCUT2D eigenvalue weighted by molar-refractivity contribution is 0.0515. The van der Waals surface area contributed by atoms with E-state index in [1.807, 2.05) is 47.0 Å². The van der Waals surface area contributed by atoms with Gasteiger partial charge >= 0.3 is 5.97 Å². The second kappa shape index (κ2) is 12.9. The van der Waals surface area contributed by atoms with Crippen molar-refractivity contribution < 1.29 is 23.1 Å². The molecule has 1 aromatic heterocycles. The fraction of sp³-hybridized carbons (Fsp3) is 0.300. The summed E-state index contributed by atoms with van der Waals surface area (Å²) in [7, 11) is -3.37. The Morgan fingerprint density at radius 1 is 1.05 bits per heavy atom. The van der Waals surface area contributed by atoms with E-state index in [4.69, 9.17) is 16.3 Å². The number of hydrogen-bond donors (Lipinski definition) is 3. The molecule has 0 radical (unpaired) electrons. The zero-order chi connectivity index (χ0) is 28.9. The number of sulfonamides is 1. The molecule has 0 spiro atoms. The van der Waals surface area contributed by atoms with Gasteiger partial charge < -0.3 is 19.7 Å². The van der Waals surface area contributed by atoms with Crippen LogP contribution < -0.4 is 10.0 Å². The number of benzene rings is 3. The van der Waals surface area contributed by atoms with Crippen molar-refractivity contribution in [1.82, 2.24) is 9.88 Å². The number of aromatic nitrogens is 1. The fourth-order valence-corrected chi connectivity index (χ4v) is 5.40. The molecule has 0 aliphatic rings. The number of nitrogens with zero attached hydrogens (tertiary/aromatic N) is 1. The molecule has 0 fully saturated rings.